The van der Waals surface area contributed by atoms with Crippen LogP contribution < -0.4 is 4.90 Å². The zero-order valence-electron chi connectivity index (χ0n) is 32.5. The van der Waals surface area contributed by atoms with Crippen molar-refractivity contribution < 1.29 is 4.42 Å². The molecule has 0 atom stereocenters. The molecule has 2 aromatic heterocycles. The summed E-state index contributed by atoms with van der Waals surface area (Å²) in [5, 5.41) is 3.27. The number of hydrogen-bond donors (Lipinski definition) is 0. The summed E-state index contributed by atoms with van der Waals surface area (Å²) in [5.41, 5.74) is 16.3. The van der Waals surface area contributed by atoms with E-state index < -0.39 is 5.41 Å². The van der Waals surface area contributed by atoms with Crippen molar-refractivity contribution in [2.45, 2.75) is 5.41 Å². The van der Waals surface area contributed by atoms with E-state index >= 15 is 0 Å². The van der Waals surface area contributed by atoms with Gasteiger partial charge in [0.1, 0.15) is 16.2 Å². The molecule has 0 radical (unpaired) electrons. The summed E-state index contributed by atoms with van der Waals surface area (Å²) in [6.45, 7) is 0. The Morgan fingerprint density at radius 1 is 0.433 bits per heavy atom. The van der Waals surface area contributed by atoms with Crippen LogP contribution in [0.2, 0.25) is 0 Å². The smallest absolute Gasteiger partial charge is 0.143 e. The summed E-state index contributed by atoms with van der Waals surface area (Å²) in [7, 11) is 0. The highest BCUT2D eigenvalue weighted by Crippen LogP contribution is 2.57. The van der Waals surface area contributed by atoms with Gasteiger partial charge >= 0.3 is 0 Å². The van der Waals surface area contributed by atoms with Crippen LogP contribution in [0.4, 0.5) is 17.1 Å². The molecule has 2 heterocycles. The van der Waals surface area contributed by atoms with Gasteiger partial charge in [0.05, 0.1) is 15.6 Å². The van der Waals surface area contributed by atoms with Crippen LogP contribution in [0.25, 0.3) is 65.0 Å². The van der Waals surface area contributed by atoms with E-state index in [0.29, 0.717) is 0 Å². The average Bonchev–Trinajstić information content (AvgIpc) is 4.01. The minimum Gasteiger partial charge on any atom is -0.455 e. The third-order valence-electron chi connectivity index (χ3n) is 12.2. The highest BCUT2D eigenvalue weighted by Gasteiger charge is 2.46. The standard InChI is InChI=1S/C56H36N2OS/c1-4-15-38(16-5-1)55-57-51-36-43(32-34-53(51)60-55)58(41-29-27-37(28-30-41)44-23-14-24-48-47-22-11-13-26-52(47)59-54(44)48)42-31-33-46-45-21-10-12-25-49(45)56(50(46)35-42,39-17-6-2-7-18-39)40-19-8-3-9-20-40/h1-36H. The maximum Gasteiger partial charge on any atom is 0.143 e. The van der Waals surface area contributed by atoms with E-state index in [1.54, 1.807) is 11.3 Å². The third-order valence-corrected chi connectivity index (χ3v) is 13.3. The normalized spacial score (nSPS) is 12.8. The van der Waals surface area contributed by atoms with E-state index in [0.717, 1.165) is 70.9 Å². The second kappa shape index (κ2) is 13.8. The fourth-order valence-corrected chi connectivity index (χ4v) is 10.5. The maximum absolute atomic E-state index is 6.47. The van der Waals surface area contributed by atoms with Crippen LogP contribution in [0.1, 0.15) is 22.3 Å². The quantitative estimate of drug-likeness (QED) is 0.161. The molecular weight excluding hydrogens is 749 g/mol. The fraction of sp³-hybridized carbons (Fsp3) is 0.0179. The second-order valence-electron chi connectivity index (χ2n) is 15.5. The van der Waals surface area contributed by atoms with Crippen molar-refractivity contribution in [3.63, 3.8) is 0 Å². The Hall–Kier alpha value is -7.53. The van der Waals surface area contributed by atoms with Crippen molar-refractivity contribution in [3.8, 4) is 32.8 Å². The van der Waals surface area contributed by atoms with Gasteiger partial charge in [-0.05, 0) is 87.5 Å². The van der Waals surface area contributed by atoms with Gasteiger partial charge in [0, 0.05) is 39.0 Å². The number of benzene rings is 9. The van der Waals surface area contributed by atoms with E-state index in [1.807, 2.05) is 12.1 Å². The number of hydrogen-bond acceptors (Lipinski definition) is 4. The first-order valence-electron chi connectivity index (χ1n) is 20.4. The van der Waals surface area contributed by atoms with Gasteiger partial charge in [-0.2, -0.15) is 0 Å². The summed E-state index contributed by atoms with van der Waals surface area (Å²) in [4.78, 5) is 7.57. The van der Waals surface area contributed by atoms with Gasteiger partial charge in [-0.1, -0.05) is 170 Å². The van der Waals surface area contributed by atoms with Crippen molar-refractivity contribution >= 4 is 60.6 Å². The molecule has 4 heteroatoms. The molecule has 0 saturated heterocycles. The largest absolute Gasteiger partial charge is 0.455 e. The first kappa shape index (κ1) is 34.5. The lowest BCUT2D eigenvalue weighted by atomic mass is 9.67. The van der Waals surface area contributed by atoms with Crippen LogP contribution in [0.15, 0.2) is 223 Å². The van der Waals surface area contributed by atoms with Crippen LogP contribution in [0.5, 0.6) is 0 Å². The number of fused-ring (bicyclic) bond motifs is 7. The van der Waals surface area contributed by atoms with Gasteiger partial charge in [0.15, 0.2) is 0 Å². The molecule has 12 rings (SSSR count). The van der Waals surface area contributed by atoms with E-state index in [-0.39, 0.29) is 0 Å². The number of rotatable bonds is 7. The minimum atomic E-state index is -0.519. The Labute approximate surface area is 352 Å². The highest BCUT2D eigenvalue weighted by atomic mass is 32.1. The Kier molecular flexibility index (Phi) is 7.94. The molecule has 0 amide bonds. The summed E-state index contributed by atoms with van der Waals surface area (Å²) < 4.78 is 7.63. The Morgan fingerprint density at radius 2 is 1.03 bits per heavy atom. The lowest BCUT2D eigenvalue weighted by Crippen LogP contribution is -2.28. The molecular formula is C56H36N2OS. The maximum atomic E-state index is 6.47. The molecule has 0 spiro atoms. The molecule has 1 aliphatic carbocycles. The van der Waals surface area contributed by atoms with Gasteiger partial charge in [-0.15, -0.1) is 11.3 Å². The molecule has 0 aliphatic heterocycles. The predicted molar refractivity (Wildman–Crippen MR) is 250 cm³/mol. The zero-order valence-corrected chi connectivity index (χ0v) is 33.3. The summed E-state index contributed by atoms with van der Waals surface area (Å²) >= 11 is 1.73. The molecule has 282 valence electrons. The van der Waals surface area contributed by atoms with Crippen LogP contribution in [0.3, 0.4) is 0 Å². The van der Waals surface area contributed by atoms with Crippen molar-refractivity contribution in [2.75, 3.05) is 4.90 Å². The molecule has 1 aliphatic rings. The van der Waals surface area contributed by atoms with Gasteiger partial charge < -0.3 is 9.32 Å². The number of furan rings is 1. The molecule has 0 unspecified atom stereocenters. The molecule has 60 heavy (non-hydrogen) atoms. The number of thiazole rings is 1. The van der Waals surface area contributed by atoms with Crippen molar-refractivity contribution in [1.82, 2.24) is 4.98 Å². The Bertz CT molecular complexity index is 3330. The van der Waals surface area contributed by atoms with Crippen LogP contribution >= 0.6 is 11.3 Å². The van der Waals surface area contributed by atoms with E-state index in [1.165, 1.54) is 33.4 Å². The van der Waals surface area contributed by atoms with Gasteiger partial charge in [0.25, 0.3) is 0 Å². The van der Waals surface area contributed by atoms with Gasteiger partial charge in [-0.3, -0.25) is 0 Å². The monoisotopic (exact) mass is 784 g/mol. The zero-order chi connectivity index (χ0) is 39.6. The number of para-hydroxylation sites is 2. The van der Waals surface area contributed by atoms with E-state index in [2.05, 4.69) is 211 Å². The first-order chi connectivity index (χ1) is 29.7. The highest BCUT2D eigenvalue weighted by molar-refractivity contribution is 7.21. The van der Waals surface area contributed by atoms with Crippen LogP contribution in [0, 0.1) is 0 Å². The lowest BCUT2D eigenvalue weighted by Gasteiger charge is -2.35. The summed E-state index contributed by atoms with van der Waals surface area (Å²) in [5.74, 6) is 0. The summed E-state index contributed by atoms with van der Waals surface area (Å²) in [6.07, 6.45) is 0. The molecule has 0 fully saturated rings. The van der Waals surface area contributed by atoms with Crippen LogP contribution in [-0.2, 0) is 5.41 Å². The SMILES string of the molecule is c1ccc(-c2nc3cc(N(c4ccc(-c5cccc6c5oc5ccccc56)cc4)c4ccc5c(c4)C(c4ccccc4)(c4ccccc4)c4ccccc4-5)ccc3s2)cc1. The number of nitrogens with zero attached hydrogens (tertiary/aromatic N) is 2. The Balaban J connectivity index is 1.06. The third kappa shape index (κ3) is 5.31. The number of anilines is 3. The minimum absolute atomic E-state index is 0.519. The molecule has 9 aromatic carbocycles. The fourth-order valence-electron chi connectivity index (χ4n) is 9.54. The predicted octanol–water partition coefficient (Wildman–Crippen LogP) is 15.4. The molecule has 3 nitrogen and oxygen atoms in total. The van der Waals surface area contributed by atoms with Gasteiger partial charge in [0.2, 0.25) is 0 Å². The average molecular weight is 785 g/mol. The topological polar surface area (TPSA) is 29.3 Å². The van der Waals surface area contributed by atoms with Crippen molar-refractivity contribution in [1.29, 1.82) is 0 Å². The molecule has 0 bridgehead atoms. The lowest BCUT2D eigenvalue weighted by molar-refractivity contribution is 0.670. The first-order valence-corrected chi connectivity index (χ1v) is 21.2. The van der Waals surface area contributed by atoms with E-state index in [4.69, 9.17) is 9.40 Å². The molecule has 11 aromatic rings. The Morgan fingerprint density at radius 3 is 1.82 bits per heavy atom. The summed E-state index contributed by atoms with van der Waals surface area (Å²) in [6, 6.07) is 78.8. The molecule has 0 saturated carbocycles. The van der Waals surface area contributed by atoms with E-state index in [9.17, 15) is 0 Å². The second-order valence-corrected chi connectivity index (χ2v) is 16.5. The van der Waals surface area contributed by atoms with Crippen molar-refractivity contribution in [3.05, 3.63) is 241 Å². The number of aromatic nitrogens is 1. The van der Waals surface area contributed by atoms with Gasteiger partial charge in [-0.25, -0.2) is 4.98 Å². The van der Waals surface area contributed by atoms with Crippen molar-refractivity contribution in [2.24, 2.45) is 0 Å². The molecule has 0 N–H and O–H groups in total. The van der Waals surface area contributed by atoms with Crippen LogP contribution in [-0.4, -0.2) is 4.98 Å².